The highest BCUT2D eigenvalue weighted by Crippen LogP contribution is 2.54. The lowest BCUT2D eigenvalue weighted by atomic mass is 9.93. The first-order chi connectivity index (χ1) is 9.13. The smallest absolute Gasteiger partial charge is 0.339 e. The van der Waals surface area contributed by atoms with Crippen LogP contribution in [0.2, 0.25) is 0 Å². The Morgan fingerprint density at radius 1 is 1.21 bits per heavy atom. The summed E-state index contributed by atoms with van der Waals surface area (Å²) in [4.78, 5) is 14.2. The second kappa shape index (κ2) is 4.55. The minimum absolute atomic E-state index is 0.235. The Labute approximate surface area is 114 Å². The number of nitrogens with zero attached hydrogens (tertiary/aromatic N) is 1. The number of hydrogen-bond donors (Lipinski definition) is 0. The Morgan fingerprint density at radius 3 is 2.47 bits per heavy atom. The molecule has 1 saturated carbocycles. The molecule has 19 heavy (non-hydrogen) atoms. The number of ether oxygens (including phenoxy) is 1. The first-order valence-electron chi connectivity index (χ1n) is 7.07. The molecule has 1 heterocycles. The van der Waals surface area contributed by atoms with Crippen molar-refractivity contribution in [2.45, 2.75) is 32.6 Å². The molecule has 1 spiro atoms. The zero-order valence-electron chi connectivity index (χ0n) is 11.7. The second-order valence-corrected chi connectivity index (χ2v) is 6.00. The van der Waals surface area contributed by atoms with E-state index in [0.29, 0.717) is 11.0 Å². The van der Waals surface area contributed by atoms with Gasteiger partial charge in [0.05, 0.1) is 18.4 Å². The Morgan fingerprint density at radius 2 is 1.89 bits per heavy atom. The van der Waals surface area contributed by atoms with E-state index in [1.807, 2.05) is 12.1 Å². The van der Waals surface area contributed by atoms with Gasteiger partial charge in [-0.2, -0.15) is 0 Å². The maximum atomic E-state index is 11.9. The number of carbonyl (C=O) groups is 1. The van der Waals surface area contributed by atoms with Crippen molar-refractivity contribution in [1.29, 1.82) is 0 Å². The lowest BCUT2D eigenvalue weighted by Crippen LogP contribution is -2.35. The van der Waals surface area contributed by atoms with Gasteiger partial charge in [-0.25, -0.2) is 4.79 Å². The van der Waals surface area contributed by atoms with Crippen LogP contribution in [-0.2, 0) is 4.74 Å². The molecule has 3 rings (SSSR count). The van der Waals surface area contributed by atoms with Gasteiger partial charge in [0.2, 0.25) is 0 Å². The fourth-order valence-corrected chi connectivity index (χ4v) is 3.08. The summed E-state index contributed by atoms with van der Waals surface area (Å²) in [5, 5.41) is 0. The van der Waals surface area contributed by atoms with E-state index in [1.54, 1.807) is 0 Å². The van der Waals surface area contributed by atoms with Crippen LogP contribution in [0.5, 0.6) is 0 Å². The SMILES string of the molecule is COC(=O)c1ccc(C)cc1N1CCC2(CC1)CC2. The van der Waals surface area contributed by atoms with E-state index in [2.05, 4.69) is 17.9 Å². The van der Waals surface area contributed by atoms with Gasteiger partial charge in [0.15, 0.2) is 0 Å². The molecule has 0 N–H and O–H groups in total. The molecular formula is C16H21NO2. The molecule has 102 valence electrons. The van der Waals surface area contributed by atoms with Crippen molar-refractivity contribution in [2.75, 3.05) is 25.1 Å². The molecule has 1 aliphatic carbocycles. The van der Waals surface area contributed by atoms with Gasteiger partial charge < -0.3 is 9.64 Å². The highest BCUT2D eigenvalue weighted by Gasteiger charge is 2.44. The van der Waals surface area contributed by atoms with Crippen molar-refractivity contribution < 1.29 is 9.53 Å². The zero-order valence-corrected chi connectivity index (χ0v) is 11.7. The molecular weight excluding hydrogens is 238 g/mol. The van der Waals surface area contributed by atoms with E-state index in [0.717, 1.165) is 18.8 Å². The Kier molecular flexibility index (Phi) is 3.00. The van der Waals surface area contributed by atoms with Crippen molar-refractivity contribution in [1.82, 2.24) is 0 Å². The van der Waals surface area contributed by atoms with Crippen LogP contribution in [0.4, 0.5) is 5.69 Å². The molecule has 0 atom stereocenters. The van der Waals surface area contributed by atoms with E-state index < -0.39 is 0 Å². The minimum atomic E-state index is -0.235. The van der Waals surface area contributed by atoms with Gasteiger partial charge in [0, 0.05) is 13.1 Å². The molecule has 1 aromatic rings. The Bertz CT molecular complexity index is 495. The average molecular weight is 259 g/mol. The molecule has 3 heteroatoms. The predicted molar refractivity (Wildman–Crippen MR) is 75.6 cm³/mol. The fraction of sp³-hybridized carbons (Fsp3) is 0.562. The van der Waals surface area contributed by atoms with Crippen LogP contribution in [0.3, 0.4) is 0 Å². The molecule has 0 amide bonds. The number of esters is 1. The van der Waals surface area contributed by atoms with Crippen molar-refractivity contribution in [3.05, 3.63) is 29.3 Å². The van der Waals surface area contributed by atoms with E-state index in [-0.39, 0.29) is 5.97 Å². The number of hydrogen-bond acceptors (Lipinski definition) is 3. The summed E-state index contributed by atoms with van der Waals surface area (Å²) in [6.45, 7) is 4.19. The predicted octanol–water partition coefficient (Wildman–Crippen LogP) is 3.16. The van der Waals surface area contributed by atoms with Crippen LogP contribution in [-0.4, -0.2) is 26.2 Å². The quantitative estimate of drug-likeness (QED) is 0.764. The number of anilines is 1. The molecule has 2 fully saturated rings. The number of rotatable bonds is 2. The first-order valence-corrected chi connectivity index (χ1v) is 7.07. The van der Waals surface area contributed by atoms with Crippen LogP contribution in [0.1, 0.15) is 41.6 Å². The third-order valence-corrected chi connectivity index (χ3v) is 4.68. The van der Waals surface area contributed by atoms with Gasteiger partial charge in [-0.05, 0) is 55.7 Å². The molecule has 3 nitrogen and oxygen atoms in total. The molecule has 2 aliphatic rings. The third kappa shape index (κ3) is 2.34. The number of aryl methyl sites for hydroxylation is 1. The Balaban J connectivity index is 1.86. The van der Waals surface area contributed by atoms with Crippen LogP contribution in [0.15, 0.2) is 18.2 Å². The summed E-state index contributed by atoms with van der Waals surface area (Å²) in [7, 11) is 1.45. The second-order valence-electron chi connectivity index (χ2n) is 6.00. The number of piperidine rings is 1. The first kappa shape index (κ1) is 12.5. The van der Waals surface area contributed by atoms with Crippen LogP contribution in [0.25, 0.3) is 0 Å². The van der Waals surface area contributed by atoms with E-state index in [1.165, 1.54) is 38.4 Å². The standard InChI is InChI=1S/C16H21NO2/c1-12-3-4-13(15(18)19-2)14(11-12)17-9-7-16(5-6-16)8-10-17/h3-4,11H,5-10H2,1-2H3. The van der Waals surface area contributed by atoms with E-state index >= 15 is 0 Å². The average Bonchev–Trinajstić information content (AvgIpc) is 3.18. The summed E-state index contributed by atoms with van der Waals surface area (Å²) in [6, 6.07) is 5.97. The van der Waals surface area contributed by atoms with Crippen LogP contribution < -0.4 is 4.90 Å². The molecule has 1 saturated heterocycles. The Hall–Kier alpha value is -1.51. The largest absolute Gasteiger partial charge is 0.465 e. The maximum Gasteiger partial charge on any atom is 0.339 e. The summed E-state index contributed by atoms with van der Waals surface area (Å²) in [5.41, 5.74) is 3.59. The summed E-state index contributed by atoms with van der Waals surface area (Å²) < 4.78 is 4.90. The summed E-state index contributed by atoms with van der Waals surface area (Å²) in [5.74, 6) is -0.235. The van der Waals surface area contributed by atoms with Gasteiger partial charge >= 0.3 is 5.97 Å². The molecule has 0 aromatic heterocycles. The highest BCUT2D eigenvalue weighted by molar-refractivity contribution is 5.96. The molecule has 0 bridgehead atoms. The van der Waals surface area contributed by atoms with Crippen molar-refractivity contribution in [3.8, 4) is 0 Å². The normalized spacial score (nSPS) is 20.4. The van der Waals surface area contributed by atoms with Gasteiger partial charge in [-0.15, -0.1) is 0 Å². The highest BCUT2D eigenvalue weighted by atomic mass is 16.5. The van der Waals surface area contributed by atoms with Crippen LogP contribution >= 0.6 is 0 Å². The van der Waals surface area contributed by atoms with Crippen molar-refractivity contribution in [3.63, 3.8) is 0 Å². The lowest BCUT2D eigenvalue weighted by Gasteiger charge is -2.34. The fourth-order valence-electron chi connectivity index (χ4n) is 3.08. The van der Waals surface area contributed by atoms with Gasteiger partial charge in [-0.1, -0.05) is 6.07 Å². The monoisotopic (exact) mass is 259 g/mol. The topological polar surface area (TPSA) is 29.5 Å². The van der Waals surface area contributed by atoms with Gasteiger partial charge in [0.1, 0.15) is 0 Å². The van der Waals surface area contributed by atoms with Gasteiger partial charge in [0.25, 0.3) is 0 Å². The van der Waals surface area contributed by atoms with E-state index in [4.69, 9.17) is 4.74 Å². The minimum Gasteiger partial charge on any atom is -0.465 e. The molecule has 0 unspecified atom stereocenters. The molecule has 1 aromatic carbocycles. The molecule has 0 radical (unpaired) electrons. The van der Waals surface area contributed by atoms with Crippen LogP contribution in [0, 0.1) is 12.3 Å². The number of carbonyl (C=O) groups excluding carboxylic acids is 1. The summed E-state index contributed by atoms with van der Waals surface area (Å²) in [6.07, 6.45) is 5.33. The number of methoxy groups -OCH3 is 1. The summed E-state index contributed by atoms with van der Waals surface area (Å²) >= 11 is 0. The molecule has 1 aliphatic heterocycles. The number of benzene rings is 1. The third-order valence-electron chi connectivity index (χ3n) is 4.68. The maximum absolute atomic E-state index is 11.9. The van der Waals surface area contributed by atoms with Crippen molar-refractivity contribution in [2.24, 2.45) is 5.41 Å². The lowest BCUT2D eigenvalue weighted by molar-refractivity contribution is 0.0601. The van der Waals surface area contributed by atoms with Crippen molar-refractivity contribution >= 4 is 11.7 Å². The van der Waals surface area contributed by atoms with Gasteiger partial charge in [-0.3, -0.25) is 0 Å². The zero-order chi connectivity index (χ0) is 13.5. The van der Waals surface area contributed by atoms with E-state index in [9.17, 15) is 4.79 Å².